The van der Waals surface area contributed by atoms with Crippen molar-refractivity contribution in [3.05, 3.63) is 52.3 Å². The zero-order chi connectivity index (χ0) is 13.0. The standard InChI is InChI=1S/C14H18BrN3/c1-3-7-16-14(12-9-17-18(2)10-12)11-5-4-6-13(15)8-11/h4-6,8-10,14,16H,3,7H2,1-2H3. The minimum absolute atomic E-state index is 0.205. The second-order valence-corrected chi connectivity index (χ2v) is 5.31. The van der Waals surface area contributed by atoms with Gasteiger partial charge in [0.05, 0.1) is 12.2 Å². The van der Waals surface area contributed by atoms with Crippen LogP contribution in [0.15, 0.2) is 41.1 Å². The number of aromatic nitrogens is 2. The number of nitrogens with zero attached hydrogens (tertiary/aromatic N) is 2. The smallest absolute Gasteiger partial charge is 0.0608 e. The van der Waals surface area contributed by atoms with Crippen LogP contribution in [0, 0.1) is 0 Å². The normalized spacial score (nSPS) is 12.6. The molecule has 0 aliphatic rings. The fourth-order valence-electron chi connectivity index (χ4n) is 1.99. The average Bonchev–Trinajstić information content (AvgIpc) is 2.76. The lowest BCUT2D eigenvalue weighted by Gasteiger charge is -2.17. The lowest BCUT2D eigenvalue weighted by atomic mass is 10.0. The zero-order valence-corrected chi connectivity index (χ0v) is 12.3. The Morgan fingerprint density at radius 2 is 2.22 bits per heavy atom. The zero-order valence-electron chi connectivity index (χ0n) is 10.7. The number of aryl methyl sites for hydroxylation is 1. The number of hydrogen-bond acceptors (Lipinski definition) is 2. The molecule has 0 amide bonds. The number of hydrogen-bond donors (Lipinski definition) is 1. The lowest BCUT2D eigenvalue weighted by Crippen LogP contribution is -2.22. The molecule has 1 heterocycles. The summed E-state index contributed by atoms with van der Waals surface area (Å²) in [7, 11) is 1.95. The van der Waals surface area contributed by atoms with Gasteiger partial charge in [0.2, 0.25) is 0 Å². The Kier molecular flexibility index (Phi) is 4.55. The summed E-state index contributed by atoms with van der Waals surface area (Å²) in [6.45, 7) is 3.17. The van der Waals surface area contributed by atoms with Crippen molar-refractivity contribution < 1.29 is 0 Å². The molecule has 1 N–H and O–H groups in total. The fraction of sp³-hybridized carbons (Fsp3) is 0.357. The van der Waals surface area contributed by atoms with Crippen molar-refractivity contribution in [3.63, 3.8) is 0 Å². The van der Waals surface area contributed by atoms with Crippen molar-refractivity contribution in [2.45, 2.75) is 19.4 Å². The van der Waals surface area contributed by atoms with E-state index in [1.165, 1.54) is 11.1 Å². The summed E-state index contributed by atoms with van der Waals surface area (Å²) in [6, 6.07) is 8.61. The minimum Gasteiger partial charge on any atom is -0.306 e. The lowest BCUT2D eigenvalue weighted by molar-refractivity contribution is 0.598. The molecule has 2 rings (SSSR count). The molecule has 1 atom stereocenters. The first-order chi connectivity index (χ1) is 8.70. The van der Waals surface area contributed by atoms with Crippen molar-refractivity contribution in [2.75, 3.05) is 6.54 Å². The molecule has 0 fully saturated rings. The highest BCUT2D eigenvalue weighted by Gasteiger charge is 2.14. The Morgan fingerprint density at radius 3 is 2.83 bits per heavy atom. The molecule has 1 aromatic heterocycles. The molecule has 2 aromatic rings. The van der Waals surface area contributed by atoms with Crippen LogP contribution in [-0.2, 0) is 7.05 Å². The summed E-state index contributed by atoms with van der Waals surface area (Å²) >= 11 is 3.53. The molecule has 0 aliphatic heterocycles. The third kappa shape index (κ3) is 3.21. The fourth-order valence-corrected chi connectivity index (χ4v) is 2.41. The molecule has 1 unspecified atom stereocenters. The van der Waals surface area contributed by atoms with E-state index in [1.54, 1.807) is 0 Å². The highest BCUT2D eigenvalue weighted by Crippen LogP contribution is 2.24. The molecular weight excluding hydrogens is 290 g/mol. The summed E-state index contributed by atoms with van der Waals surface area (Å²) in [5, 5.41) is 7.83. The molecule has 3 nitrogen and oxygen atoms in total. The van der Waals surface area contributed by atoms with E-state index in [-0.39, 0.29) is 6.04 Å². The van der Waals surface area contributed by atoms with Crippen LogP contribution in [0.3, 0.4) is 0 Å². The van der Waals surface area contributed by atoms with Crippen LogP contribution in [0.1, 0.15) is 30.5 Å². The Bertz CT molecular complexity index is 507. The van der Waals surface area contributed by atoms with Crippen molar-refractivity contribution >= 4 is 15.9 Å². The topological polar surface area (TPSA) is 29.9 Å². The maximum Gasteiger partial charge on any atom is 0.0608 e. The van der Waals surface area contributed by atoms with Crippen LogP contribution in [0.25, 0.3) is 0 Å². The van der Waals surface area contributed by atoms with Gasteiger partial charge in [-0.2, -0.15) is 5.10 Å². The molecule has 1 aromatic carbocycles. The predicted octanol–water partition coefficient (Wildman–Crippen LogP) is 3.27. The minimum atomic E-state index is 0.205. The summed E-state index contributed by atoms with van der Waals surface area (Å²) < 4.78 is 2.95. The monoisotopic (exact) mass is 307 g/mol. The van der Waals surface area contributed by atoms with E-state index >= 15 is 0 Å². The predicted molar refractivity (Wildman–Crippen MR) is 77.5 cm³/mol. The van der Waals surface area contributed by atoms with Crippen LogP contribution in [0.5, 0.6) is 0 Å². The van der Waals surface area contributed by atoms with Crippen LogP contribution >= 0.6 is 15.9 Å². The van der Waals surface area contributed by atoms with Gasteiger partial charge in [-0.1, -0.05) is 35.0 Å². The largest absolute Gasteiger partial charge is 0.306 e. The van der Waals surface area contributed by atoms with Crippen LogP contribution < -0.4 is 5.32 Å². The van der Waals surface area contributed by atoms with Crippen LogP contribution in [0.2, 0.25) is 0 Å². The van der Waals surface area contributed by atoms with Gasteiger partial charge in [-0.3, -0.25) is 4.68 Å². The van der Waals surface area contributed by atoms with Gasteiger partial charge < -0.3 is 5.32 Å². The van der Waals surface area contributed by atoms with Gasteiger partial charge in [0.25, 0.3) is 0 Å². The first kappa shape index (κ1) is 13.3. The SMILES string of the molecule is CCCNC(c1cccc(Br)c1)c1cnn(C)c1. The number of nitrogens with one attached hydrogen (secondary N) is 1. The quantitative estimate of drug-likeness (QED) is 0.919. The number of halogens is 1. The van der Waals surface area contributed by atoms with E-state index in [9.17, 15) is 0 Å². The van der Waals surface area contributed by atoms with Crippen LogP contribution in [-0.4, -0.2) is 16.3 Å². The Labute approximate surface area is 116 Å². The summed E-state index contributed by atoms with van der Waals surface area (Å²) in [6.07, 6.45) is 5.10. The third-order valence-electron chi connectivity index (χ3n) is 2.84. The molecule has 0 aliphatic carbocycles. The maximum absolute atomic E-state index is 4.26. The maximum atomic E-state index is 4.26. The van der Waals surface area contributed by atoms with E-state index in [0.29, 0.717) is 0 Å². The molecule has 0 radical (unpaired) electrons. The van der Waals surface area contributed by atoms with E-state index in [2.05, 4.69) is 57.7 Å². The molecule has 0 saturated carbocycles. The molecule has 0 bridgehead atoms. The van der Waals surface area contributed by atoms with Gasteiger partial charge in [0.15, 0.2) is 0 Å². The van der Waals surface area contributed by atoms with Gasteiger partial charge in [0.1, 0.15) is 0 Å². The number of rotatable bonds is 5. The third-order valence-corrected chi connectivity index (χ3v) is 3.33. The first-order valence-corrected chi connectivity index (χ1v) is 6.97. The van der Waals surface area contributed by atoms with Crippen molar-refractivity contribution in [1.82, 2.24) is 15.1 Å². The first-order valence-electron chi connectivity index (χ1n) is 6.18. The van der Waals surface area contributed by atoms with Crippen molar-refractivity contribution in [3.8, 4) is 0 Å². The second kappa shape index (κ2) is 6.16. The Hall–Kier alpha value is -1.13. The molecule has 96 valence electrons. The van der Waals surface area contributed by atoms with E-state index in [4.69, 9.17) is 0 Å². The van der Waals surface area contributed by atoms with Crippen LogP contribution in [0.4, 0.5) is 0 Å². The van der Waals surface area contributed by atoms with E-state index in [0.717, 1.165) is 17.4 Å². The van der Waals surface area contributed by atoms with Gasteiger partial charge in [0, 0.05) is 23.3 Å². The highest BCUT2D eigenvalue weighted by molar-refractivity contribution is 9.10. The molecule has 0 spiro atoms. The summed E-state index contributed by atoms with van der Waals surface area (Å²) in [4.78, 5) is 0. The summed E-state index contributed by atoms with van der Waals surface area (Å²) in [5.41, 5.74) is 2.45. The van der Waals surface area contributed by atoms with Gasteiger partial charge in [-0.05, 0) is 30.7 Å². The Morgan fingerprint density at radius 1 is 1.39 bits per heavy atom. The highest BCUT2D eigenvalue weighted by atomic mass is 79.9. The second-order valence-electron chi connectivity index (χ2n) is 4.39. The van der Waals surface area contributed by atoms with E-state index in [1.807, 2.05) is 24.0 Å². The van der Waals surface area contributed by atoms with E-state index < -0.39 is 0 Å². The van der Waals surface area contributed by atoms with Gasteiger partial charge in [-0.25, -0.2) is 0 Å². The molecule has 0 saturated heterocycles. The molecular formula is C14H18BrN3. The van der Waals surface area contributed by atoms with Gasteiger partial charge >= 0.3 is 0 Å². The average molecular weight is 308 g/mol. The summed E-state index contributed by atoms with van der Waals surface area (Å²) in [5.74, 6) is 0. The van der Waals surface area contributed by atoms with Crippen molar-refractivity contribution in [1.29, 1.82) is 0 Å². The molecule has 18 heavy (non-hydrogen) atoms. The molecule has 4 heteroatoms. The number of benzene rings is 1. The Balaban J connectivity index is 2.30. The van der Waals surface area contributed by atoms with Gasteiger partial charge in [-0.15, -0.1) is 0 Å². The van der Waals surface area contributed by atoms with Crippen molar-refractivity contribution in [2.24, 2.45) is 7.05 Å².